The van der Waals surface area contributed by atoms with Crippen LogP contribution in [0.15, 0.2) is 53.3 Å². The number of halogens is 1. The average Bonchev–Trinajstić information content (AvgIpc) is 3.22. The summed E-state index contributed by atoms with van der Waals surface area (Å²) in [5.41, 5.74) is 1.55. The first kappa shape index (κ1) is 17.0. The molecule has 27 heavy (non-hydrogen) atoms. The number of methoxy groups -OCH3 is 1. The van der Waals surface area contributed by atoms with Crippen LogP contribution in [-0.2, 0) is 4.74 Å². The van der Waals surface area contributed by atoms with E-state index in [4.69, 9.17) is 0 Å². The van der Waals surface area contributed by atoms with Gasteiger partial charge in [0.15, 0.2) is 5.82 Å². The number of benzene rings is 2. The van der Waals surface area contributed by atoms with Gasteiger partial charge in [-0.25, -0.2) is 9.18 Å². The highest BCUT2D eigenvalue weighted by Crippen LogP contribution is 2.17. The zero-order valence-electron chi connectivity index (χ0n) is 14.0. The van der Waals surface area contributed by atoms with Gasteiger partial charge < -0.3 is 4.74 Å². The van der Waals surface area contributed by atoms with Gasteiger partial charge in [0.1, 0.15) is 5.82 Å². The van der Waals surface area contributed by atoms with E-state index in [2.05, 4.69) is 14.8 Å². The lowest BCUT2D eigenvalue weighted by Gasteiger charge is -1.98. The maximum atomic E-state index is 13.0. The molecule has 134 valence electrons. The SMILES string of the molecule is COC(=O)c1ccc(/C=c2/sc3nc(-c4ccc(F)cc4)nn3c2=O)cc1. The topological polar surface area (TPSA) is 73.6 Å². The fourth-order valence-electron chi connectivity index (χ4n) is 2.54. The van der Waals surface area contributed by atoms with E-state index in [1.807, 2.05) is 0 Å². The van der Waals surface area contributed by atoms with Crippen LogP contribution in [0, 0.1) is 5.82 Å². The maximum absolute atomic E-state index is 13.0. The summed E-state index contributed by atoms with van der Waals surface area (Å²) in [6.07, 6.45) is 1.71. The van der Waals surface area contributed by atoms with Crippen LogP contribution in [0.25, 0.3) is 22.4 Å². The summed E-state index contributed by atoms with van der Waals surface area (Å²) in [6.45, 7) is 0. The van der Waals surface area contributed by atoms with E-state index >= 15 is 0 Å². The molecule has 0 amide bonds. The minimum absolute atomic E-state index is 0.284. The van der Waals surface area contributed by atoms with E-state index < -0.39 is 5.97 Å². The van der Waals surface area contributed by atoms with Crippen molar-refractivity contribution in [1.29, 1.82) is 0 Å². The number of hydrogen-bond acceptors (Lipinski definition) is 6. The van der Waals surface area contributed by atoms with Crippen LogP contribution >= 0.6 is 11.3 Å². The second kappa shape index (κ2) is 6.73. The molecule has 8 heteroatoms. The summed E-state index contributed by atoms with van der Waals surface area (Å²) in [5, 5.41) is 4.22. The fraction of sp³-hybridized carbons (Fsp3) is 0.0526. The maximum Gasteiger partial charge on any atom is 0.337 e. The molecule has 0 aliphatic rings. The van der Waals surface area contributed by atoms with Crippen LogP contribution in [0.3, 0.4) is 0 Å². The molecule has 0 saturated carbocycles. The molecule has 0 fully saturated rings. The highest BCUT2D eigenvalue weighted by Gasteiger charge is 2.12. The van der Waals surface area contributed by atoms with Crippen LogP contribution in [0.5, 0.6) is 0 Å². The Hall–Kier alpha value is -3.39. The predicted octanol–water partition coefficient (Wildman–Crippen LogP) is 2.29. The van der Waals surface area contributed by atoms with Crippen molar-refractivity contribution in [3.63, 3.8) is 0 Å². The molecule has 0 unspecified atom stereocenters. The van der Waals surface area contributed by atoms with Gasteiger partial charge >= 0.3 is 5.97 Å². The minimum Gasteiger partial charge on any atom is -0.465 e. The van der Waals surface area contributed by atoms with Gasteiger partial charge in [-0.1, -0.05) is 23.5 Å². The number of nitrogens with zero attached hydrogens (tertiary/aromatic N) is 3. The van der Waals surface area contributed by atoms with Crippen molar-refractivity contribution in [3.05, 3.63) is 80.4 Å². The van der Waals surface area contributed by atoms with E-state index in [-0.39, 0.29) is 11.4 Å². The highest BCUT2D eigenvalue weighted by molar-refractivity contribution is 7.15. The Balaban J connectivity index is 1.71. The van der Waals surface area contributed by atoms with Crippen molar-refractivity contribution in [1.82, 2.24) is 14.6 Å². The molecule has 4 aromatic rings. The number of fused-ring (bicyclic) bond motifs is 1. The Morgan fingerprint density at radius 1 is 1.15 bits per heavy atom. The smallest absolute Gasteiger partial charge is 0.337 e. The van der Waals surface area contributed by atoms with Gasteiger partial charge in [-0.05, 0) is 48.0 Å². The molecule has 2 aromatic carbocycles. The Bertz CT molecular complexity index is 1240. The van der Waals surface area contributed by atoms with E-state index in [9.17, 15) is 14.0 Å². The second-order valence-corrected chi connectivity index (χ2v) is 6.68. The van der Waals surface area contributed by atoms with E-state index in [0.717, 1.165) is 5.56 Å². The Morgan fingerprint density at radius 2 is 1.85 bits per heavy atom. The molecule has 6 nitrogen and oxygen atoms in total. The van der Waals surface area contributed by atoms with Crippen LogP contribution in [0.4, 0.5) is 4.39 Å². The molecule has 4 rings (SSSR count). The number of rotatable bonds is 3. The van der Waals surface area contributed by atoms with Gasteiger partial charge in [-0.3, -0.25) is 4.79 Å². The first-order chi connectivity index (χ1) is 13.0. The standard InChI is InChI=1S/C19H12FN3O3S/c1-26-18(25)13-4-2-11(3-5-13)10-15-17(24)23-19(27-15)21-16(22-23)12-6-8-14(20)9-7-12/h2-10H,1H3/b15-10+. The molecule has 0 radical (unpaired) electrons. The third-order valence-corrected chi connectivity index (χ3v) is 4.87. The van der Waals surface area contributed by atoms with Gasteiger partial charge in [0.25, 0.3) is 5.56 Å². The highest BCUT2D eigenvalue weighted by atomic mass is 32.1. The van der Waals surface area contributed by atoms with Gasteiger partial charge in [-0.2, -0.15) is 9.50 Å². The van der Waals surface area contributed by atoms with Gasteiger partial charge in [0, 0.05) is 5.56 Å². The molecule has 0 spiro atoms. The summed E-state index contributed by atoms with van der Waals surface area (Å²) < 4.78 is 19.4. The third-order valence-electron chi connectivity index (χ3n) is 3.91. The van der Waals surface area contributed by atoms with Crippen molar-refractivity contribution in [3.8, 4) is 11.4 Å². The number of hydrogen-bond donors (Lipinski definition) is 0. The largest absolute Gasteiger partial charge is 0.465 e. The normalized spacial score (nSPS) is 11.9. The molecule has 0 bridgehead atoms. The van der Waals surface area contributed by atoms with E-state index in [1.165, 1.54) is 35.1 Å². The molecule has 2 heterocycles. The van der Waals surface area contributed by atoms with Gasteiger partial charge in [-0.15, -0.1) is 5.10 Å². The molecule has 2 aromatic heterocycles. The number of esters is 1. The van der Waals surface area contributed by atoms with E-state index in [0.29, 0.717) is 26.4 Å². The van der Waals surface area contributed by atoms with Crippen LogP contribution in [0.1, 0.15) is 15.9 Å². The number of carbonyl (C=O) groups is 1. The van der Waals surface area contributed by atoms with Crippen molar-refractivity contribution in [2.45, 2.75) is 0 Å². The number of aromatic nitrogens is 3. The molecule has 0 N–H and O–H groups in total. The monoisotopic (exact) mass is 381 g/mol. The van der Waals surface area contributed by atoms with E-state index in [1.54, 1.807) is 42.5 Å². The fourth-order valence-corrected chi connectivity index (χ4v) is 3.45. The Morgan fingerprint density at radius 3 is 2.48 bits per heavy atom. The first-order valence-electron chi connectivity index (χ1n) is 7.91. The van der Waals surface area contributed by atoms with Crippen LogP contribution in [0.2, 0.25) is 0 Å². The van der Waals surface area contributed by atoms with Crippen molar-refractivity contribution < 1.29 is 13.9 Å². The van der Waals surface area contributed by atoms with Crippen molar-refractivity contribution in [2.24, 2.45) is 0 Å². The molecule has 0 aliphatic carbocycles. The van der Waals surface area contributed by atoms with Crippen LogP contribution < -0.4 is 10.1 Å². The van der Waals surface area contributed by atoms with Crippen molar-refractivity contribution >= 4 is 28.3 Å². The molecule has 0 atom stereocenters. The summed E-state index contributed by atoms with van der Waals surface area (Å²) in [7, 11) is 1.32. The summed E-state index contributed by atoms with van der Waals surface area (Å²) in [6, 6.07) is 12.5. The Kier molecular flexibility index (Phi) is 4.25. The number of thiazole rings is 1. The lowest BCUT2D eigenvalue weighted by atomic mass is 10.1. The van der Waals surface area contributed by atoms with Gasteiger partial charge in [0.2, 0.25) is 4.96 Å². The predicted molar refractivity (Wildman–Crippen MR) is 99.1 cm³/mol. The first-order valence-corrected chi connectivity index (χ1v) is 8.72. The van der Waals surface area contributed by atoms with Crippen molar-refractivity contribution in [2.75, 3.05) is 7.11 Å². The minimum atomic E-state index is -0.418. The number of carbonyl (C=O) groups excluding carboxylic acids is 1. The van der Waals surface area contributed by atoms with Crippen LogP contribution in [-0.4, -0.2) is 27.7 Å². The second-order valence-electron chi connectivity index (χ2n) is 5.67. The lowest BCUT2D eigenvalue weighted by molar-refractivity contribution is 0.0600. The zero-order valence-corrected chi connectivity index (χ0v) is 14.9. The lowest BCUT2D eigenvalue weighted by Crippen LogP contribution is -2.23. The molecule has 0 aliphatic heterocycles. The molecule has 0 saturated heterocycles. The summed E-state index contributed by atoms with van der Waals surface area (Å²) in [5.74, 6) is -0.398. The Labute approximate surface area is 156 Å². The average molecular weight is 381 g/mol. The third kappa shape index (κ3) is 3.22. The number of ether oxygens (including phenoxy) is 1. The van der Waals surface area contributed by atoms with Gasteiger partial charge in [0.05, 0.1) is 17.2 Å². The molecular formula is C19H12FN3O3S. The summed E-state index contributed by atoms with van der Waals surface area (Å²) in [4.78, 5) is 28.8. The quantitative estimate of drug-likeness (QED) is 0.509. The summed E-state index contributed by atoms with van der Waals surface area (Å²) >= 11 is 1.21. The zero-order chi connectivity index (χ0) is 19.0. The molecular weight excluding hydrogens is 369 g/mol.